The van der Waals surface area contributed by atoms with Crippen molar-refractivity contribution < 1.29 is 9.53 Å². The molecule has 0 radical (unpaired) electrons. The summed E-state index contributed by atoms with van der Waals surface area (Å²) in [5, 5.41) is 0. The minimum Gasteiger partial charge on any atom is -0.494 e. The van der Waals surface area contributed by atoms with Gasteiger partial charge in [-0.25, -0.2) is 0 Å². The van der Waals surface area contributed by atoms with Gasteiger partial charge < -0.3 is 15.4 Å². The zero-order chi connectivity index (χ0) is 13.7. The van der Waals surface area contributed by atoms with Crippen molar-refractivity contribution in [3.8, 4) is 5.75 Å². The van der Waals surface area contributed by atoms with E-state index in [1.807, 2.05) is 6.92 Å². The summed E-state index contributed by atoms with van der Waals surface area (Å²) in [6.07, 6.45) is 0. The number of thiocarbonyl (C=S) groups is 1. The maximum atomic E-state index is 12.1. The first-order valence-electron chi connectivity index (χ1n) is 5.76. The minimum atomic E-state index is -0.265. The molecule has 1 unspecified atom stereocenters. The molecule has 0 saturated heterocycles. The Morgan fingerprint density at radius 2 is 2.00 bits per heavy atom. The molecule has 1 aromatic carbocycles. The zero-order valence-corrected chi connectivity index (χ0v) is 11.7. The Kier molecular flexibility index (Phi) is 5.09. The van der Waals surface area contributed by atoms with Gasteiger partial charge in [-0.15, -0.1) is 0 Å². The Labute approximate surface area is 113 Å². The number of carbonyl (C=O) groups excluding carboxylic acids is 1. The SMILES string of the molecule is CCOc1ccc(C(=O)N(C)C(C)C(N)=S)cc1. The number of nitrogens with two attached hydrogens (primary N) is 1. The van der Waals surface area contributed by atoms with Crippen LogP contribution in [0.4, 0.5) is 0 Å². The van der Waals surface area contributed by atoms with Gasteiger partial charge in [-0.3, -0.25) is 4.79 Å². The van der Waals surface area contributed by atoms with Crippen molar-refractivity contribution in [1.29, 1.82) is 0 Å². The molecular formula is C13H18N2O2S. The lowest BCUT2D eigenvalue weighted by atomic mass is 10.1. The van der Waals surface area contributed by atoms with Crippen LogP contribution in [0.25, 0.3) is 0 Å². The first kappa shape index (κ1) is 14.4. The molecule has 0 aliphatic carbocycles. The Morgan fingerprint density at radius 1 is 1.44 bits per heavy atom. The van der Waals surface area contributed by atoms with Gasteiger partial charge in [-0.1, -0.05) is 12.2 Å². The predicted molar refractivity (Wildman–Crippen MR) is 76.0 cm³/mol. The molecule has 0 bridgehead atoms. The highest BCUT2D eigenvalue weighted by Gasteiger charge is 2.19. The fourth-order valence-electron chi connectivity index (χ4n) is 1.43. The van der Waals surface area contributed by atoms with Gasteiger partial charge >= 0.3 is 0 Å². The normalized spacial score (nSPS) is 11.7. The summed E-state index contributed by atoms with van der Waals surface area (Å²) in [6, 6.07) is 6.75. The number of likely N-dealkylation sites (N-methyl/N-ethyl adjacent to an activating group) is 1. The molecule has 0 aliphatic rings. The lowest BCUT2D eigenvalue weighted by Gasteiger charge is -2.24. The summed E-state index contributed by atoms with van der Waals surface area (Å²) in [4.78, 5) is 14.0. The molecule has 98 valence electrons. The van der Waals surface area contributed by atoms with Gasteiger partial charge in [0.1, 0.15) is 5.75 Å². The lowest BCUT2D eigenvalue weighted by molar-refractivity contribution is 0.0779. The molecule has 0 aliphatic heterocycles. The van der Waals surface area contributed by atoms with Gasteiger partial charge in [0.05, 0.1) is 17.6 Å². The van der Waals surface area contributed by atoms with Gasteiger partial charge in [0.2, 0.25) is 0 Å². The van der Waals surface area contributed by atoms with E-state index in [4.69, 9.17) is 22.7 Å². The van der Waals surface area contributed by atoms with E-state index >= 15 is 0 Å². The molecule has 18 heavy (non-hydrogen) atoms. The minimum absolute atomic E-state index is 0.113. The first-order chi connectivity index (χ1) is 8.47. The van der Waals surface area contributed by atoms with Crippen LogP contribution in [-0.2, 0) is 0 Å². The van der Waals surface area contributed by atoms with Gasteiger partial charge in [0, 0.05) is 12.6 Å². The Bertz CT molecular complexity index is 431. The standard InChI is InChI=1S/C13H18N2O2S/c1-4-17-11-7-5-10(6-8-11)13(16)15(3)9(2)12(14)18/h5-9H,4H2,1-3H3,(H2,14,18). The van der Waals surface area contributed by atoms with Crippen molar-refractivity contribution in [2.75, 3.05) is 13.7 Å². The van der Waals surface area contributed by atoms with Crippen LogP contribution < -0.4 is 10.5 Å². The van der Waals surface area contributed by atoms with Crippen LogP contribution in [0.15, 0.2) is 24.3 Å². The van der Waals surface area contributed by atoms with E-state index in [0.29, 0.717) is 17.2 Å². The zero-order valence-electron chi connectivity index (χ0n) is 10.8. The fraction of sp³-hybridized carbons (Fsp3) is 0.385. The van der Waals surface area contributed by atoms with Crippen molar-refractivity contribution in [3.05, 3.63) is 29.8 Å². The van der Waals surface area contributed by atoms with Gasteiger partial charge in [0.25, 0.3) is 5.91 Å². The smallest absolute Gasteiger partial charge is 0.254 e. The summed E-state index contributed by atoms with van der Waals surface area (Å²) < 4.78 is 5.32. The van der Waals surface area contributed by atoms with Gasteiger partial charge in [-0.05, 0) is 38.1 Å². The van der Waals surface area contributed by atoms with Crippen LogP contribution in [-0.4, -0.2) is 35.5 Å². The van der Waals surface area contributed by atoms with E-state index < -0.39 is 0 Å². The topological polar surface area (TPSA) is 55.6 Å². The van der Waals surface area contributed by atoms with E-state index in [1.54, 1.807) is 38.2 Å². The molecular weight excluding hydrogens is 248 g/mol. The monoisotopic (exact) mass is 266 g/mol. The number of amides is 1. The van der Waals surface area contributed by atoms with E-state index in [0.717, 1.165) is 5.75 Å². The number of benzene rings is 1. The molecule has 0 heterocycles. The summed E-state index contributed by atoms with van der Waals surface area (Å²) in [6.45, 7) is 4.32. The van der Waals surface area contributed by atoms with Crippen molar-refractivity contribution in [3.63, 3.8) is 0 Å². The number of nitrogens with zero attached hydrogens (tertiary/aromatic N) is 1. The second-order valence-electron chi connectivity index (χ2n) is 3.95. The number of hydrogen-bond acceptors (Lipinski definition) is 3. The van der Waals surface area contributed by atoms with Gasteiger partial charge in [-0.2, -0.15) is 0 Å². The molecule has 4 nitrogen and oxygen atoms in total. The van der Waals surface area contributed by atoms with Crippen molar-refractivity contribution in [2.45, 2.75) is 19.9 Å². The highest BCUT2D eigenvalue weighted by Crippen LogP contribution is 2.14. The summed E-state index contributed by atoms with van der Waals surface area (Å²) in [5.74, 6) is 0.637. The summed E-state index contributed by atoms with van der Waals surface area (Å²) in [7, 11) is 1.68. The third-order valence-corrected chi connectivity index (χ3v) is 3.07. The molecule has 1 aromatic rings. The lowest BCUT2D eigenvalue weighted by Crippen LogP contribution is -2.42. The third kappa shape index (κ3) is 3.43. The van der Waals surface area contributed by atoms with Crippen LogP contribution >= 0.6 is 12.2 Å². The van der Waals surface area contributed by atoms with E-state index in [1.165, 1.54) is 4.90 Å². The quantitative estimate of drug-likeness (QED) is 0.826. The predicted octanol–water partition coefficient (Wildman–Crippen LogP) is 1.83. The van der Waals surface area contributed by atoms with Crippen LogP contribution in [0, 0.1) is 0 Å². The average molecular weight is 266 g/mol. The Balaban J connectivity index is 2.80. The number of ether oxygens (including phenoxy) is 1. The number of hydrogen-bond donors (Lipinski definition) is 1. The molecule has 2 N–H and O–H groups in total. The molecule has 0 saturated carbocycles. The largest absolute Gasteiger partial charge is 0.494 e. The maximum absolute atomic E-state index is 12.1. The molecule has 1 rings (SSSR count). The molecule has 5 heteroatoms. The molecule has 0 spiro atoms. The van der Waals surface area contributed by atoms with Crippen molar-refractivity contribution in [2.24, 2.45) is 5.73 Å². The van der Waals surface area contributed by atoms with E-state index in [9.17, 15) is 4.79 Å². The number of carbonyl (C=O) groups is 1. The van der Waals surface area contributed by atoms with Crippen molar-refractivity contribution >= 4 is 23.1 Å². The Morgan fingerprint density at radius 3 is 2.44 bits per heavy atom. The van der Waals surface area contributed by atoms with Crippen LogP contribution in [0.5, 0.6) is 5.75 Å². The summed E-state index contributed by atoms with van der Waals surface area (Å²) >= 11 is 4.88. The second-order valence-corrected chi connectivity index (χ2v) is 4.42. The molecule has 0 fully saturated rings. The van der Waals surface area contributed by atoms with Crippen LogP contribution in [0.1, 0.15) is 24.2 Å². The van der Waals surface area contributed by atoms with Crippen LogP contribution in [0.2, 0.25) is 0 Å². The van der Waals surface area contributed by atoms with E-state index in [2.05, 4.69) is 0 Å². The number of rotatable bonds is 5. The van der Waals surface area contributed by atoms with Gasteiger partial charge in [0.15, 0.2) is 0 Å². The second kappa shape index (κ2) is 6.35. The highest BCUT2D eigenvalue weighted by molar-refractivity contribution is 7.80. The maximum Gasteiger partial charge on any atom is 0.254 e. The molecule has 0 aromatic heterocycles. The average Bonchev–Trinajstić information content (AvgIpc) is 2.37. The fourth-order valence-corrected chi connectivity index (χ4v) is 1.59. The Hall–Kier alpha value is -1.62. The summed E-state index contributed by atoms with van der Waals surface area (Å²) in [5.41, 5.74) is 6.12. The van der Waals surface area contributed by atoms with E-state index in [-0.39, 0.29) is 11.9 Å². The third-order valence-electron chi connectivity index (χ3n) is 2.73. The highest BCUT2D eigenvalue weighted by atomic mass is 32.1. The van der Waals surface area contributed by atoms with Crippen molar-refractivity contribution in [1.82, 2.24) is 4.90 Å². The first-order valence-corrected chi connectivity index (χ1v) is 6.17. The van der Waals surface area contributed by atoms with Crippen LogP contribution in [0.3, 0.4) is 0 Å². The molecule has 1 atom stereocenters. The molecule has 1 amide bonds.